The first-order valence-electron chi connectivity index (χ1n) is 7.91. The molecule has 0 radical (unpaired) electrons. The van der Waals surface area contributed by atoms with Crippen LogP contribution in [0.2, 0.25) is 0 Å². The Morgan fingerprint density at radius 3 is 2.39 bits per heavy atom. The summed E-state index contributed by atoms with van der Waals surface area (Å²) in [5.74, 6) is -0.401. The summed E-state index contributed by atoms with van der Waals surface area (Å²) >= 11 is 0. The number of rotatable bonds is 8. The molecule has 2 atom stereocenters. The Morgan fingerprint density at radius 2 is 1.78 bits per heavy atom. The molecule has 2 unspecified atom stereocenters. The first-order valence-corrected chi connectivity index (χ1v) is 7.91. The van der Waals surface area contributed by atoms with Crippen LogP contribution >= 0.6 is 0 Å². The maximum Gasteiger partial charge on any atom is 0.248 e. The summed E-state index contributed by atoms with van der Waals surface area (Å²) < 4.78 is 0. The molecule has 4 nitrogen and oxygen atoms in total. The van der Waals surface area contributed by atoms with Gasteiger partial charge >= 0.3 is 0 Å². The highest BCUT2D eigenvalue weighted by Crippen LogP contribution is 2.12. The van der Waals surface area contributed by atoms with Crippen molar-refractivity contribution >= 4 is 5.91 Å². The number of aliphatic hydroxyl groups excluding tert-OH is 1. The highest BCUT2D eigenvalue weighted by Gasteiger charge is 2.09. The highest BCUT2D eigenvalue weighted by molar-refractivity contribution is 5.92. The van der Waals surface area contributed by atoms with Crippen LogP contribution in [0.25, 0.3) is 0 Å². The van der Waals surface area contributed by atoms with Crippen LogP contribution in [0.1, 0.15) is 40.9 Å². The molecule has 0 saturated heterocycles. The summed E-state index contributed by atoms with van der Waals surface area (Å²) in [7, 11) is 0. The fourth-order valence-corrected chi connectivity index (χ4v) is 2.43. The van der Waals surface area contributed by atoms with Gasteiger partial charge in [-0.15, -0.1) is 0 Å². The van der Waals surface area contributed by atoms with Gasteiger partial charge in [-0.25, -0.2) is 0 Å². The lowest BCUT2D eigenvalue weighted by Gasteiger charge is -2.17. The molecular formula is C19H24N2O2. The number of nitrogens with two attached hydrogens (primary N) is 1. The lowest BCUT2D eigenvalue weighted by Crippen LogP contribution is -2.30. The third-order valence-corrected chi connectivity index (χ3v) is 3.95. The minimum atomic E-state index is -0.492. The Hall–Kier alpha value is -2.17. The first kappa shape index (κ1) is 17.2. The Morgan fingerprint density at radius 1 is 1.13 bits per heavy atom. The number of carbonyl (C=O) groups excluding carboxylic acids is 1. The minimum Gasteiger partial charge on any atom is -0.387 e. The van der Waals surface area contributed by atoms with Crippen molar-refractivity contribution in [3.63, 3.8) is 0 Å². The van der Waals surface area contributed by atoms with Gasteiger partial charge in [-0.1, -0.05) is 42.5 Å². The van der Waals surface area contributed by atoms with E-state index in [1.165, 1.54) is 5.56 Å². The molecule has 1 amide bonds. The van der Waals surface area contributed by atoms with Gasteiger partial charge in [0.2, 0.25) is 5.91 Å². The Labute approximate surface area is 137 Å². The quantitative estimate of drug-likeness (QED) is 0.701. The maximum absolute atomic E-state index is 11.0. The second kappa shape index (κ2) is 8.46. The van der Waals surface area contributed by atoms with Crippen molar-refractivity contribution < 1.29 is 9.90 Å². The van der Waals surface area contributed by atoms with E-state index in [-0.39, 0.29) is 0 Å². The number of aliphatic hydroxyl groups is 1. The van der Waals surface area contributed by atoms with E-state index in [4.69, 9.17) is 5.73 Å². The third kappa shape index (κ3) is 5.51. The molecule has 0 fully saturated rings. The second-order valence-corrected chi connectivity index (χ2v) is 5.84. The fourth-order valence-electron chi connectivity index (χ4n) is 2.43. The van der Waals surface area contributed by atoms with Gasteiger partial charge in [-0.2, -0.15) is 0 Å². The summed E-state index contributed by atoms with van der Waals surface area (Å²) in [5.41, 5.74) is 7.86. The zero-order valence-electron chi connectivity index (χ0n) is 13.4. The smallest absolute Gasteiger partial charge is 0.248 e. The van der Waals surface area contributed by atoms with Crippen LogP contribution in [0.5, 0.6) is 0 Å². The first-order chi connectivity index (χ1) is 11.1. The van der Waals surface area contributed by atoms with Gasteiger partial charge in [0.25, 0.3) is 0 Å². The van der Waals surface area contributed by atoms with Crippen LogP contribution in [0, 0.1) is 0 Å². The van der Waals surface area contributed by atoms with Crippen molar-refractivity contribution in [3.8, 4) is 0 Å². The van der Waals surface area contributed by atoms with E-state index in [0.717, 1.165) is 18.4 Å². The normalized spacial score (nSPS) is 13.5. The zero-order valence-corrected chi connectivity index (χ0v) is 13.4. The fraction of sp³-hybridized carbons (Fsp3) is 0.316. The number of benzene rings is 2. The number of amides is 1. The molecular weight excluding hydrogens is 288 g/mol. The average molecular weight is 312 g/mol. The van der Waals surface area contributed by atoms with Crippen molar-refractivity contribution in [2.45, 2.75) is 31.9 Å². The molecule has 0 aliphatic heterocycles. The number of nitrogens with one attached hydrogen (secondary N) is 1. The van der Waals surface area contributed by atoms with Crippen molar-refractivity contribution in [1.82, 2.24) is 5.32 Å². The van der Waals surface area contributed by atoms with Crippen LogP contribution in [0.15, 0.2) is 54.6 Å². The standard InChI is InChI=1S/C19H24N2O2/c1-14(21-13-18(22)16-5-3-2-4-6-16)7-8-15-9-11-17(12-10-15)19(20)23/h2-6,9-12,14,18,21-22H,7-8,13H2,1H3,(H2,20,23). The van der Waals surface area contributed by atoms with Gasteiger partial charge in [0.1, 0.15) is 0 Å². The van der Waals surface area contributed by atoms with Gasteiger partial charge in [0, 0.05) is 18.2 Å². The lowest BCUT2D eigenvalue weighted by molar-refractivity contribution is 0.100. The van der Waals surface area contributed by atoms with Crippen molar-refractivity contribution in [3.05, 3.63) is 71.3 Å². The maximum atomic E-state index is 11.0. The van der Waals surface area contributed by atoms with Gasteiger partial charge in [0.15, 0.2) is 0 Å². The van der Waals surface area contributed by atoms with Crippen LogP contribution in [-0.4, -0.2) is 23.6 Å². The van der Waals surface area contributed by atoms with Crippen molar-refractivity contribution in [1.29, 1.82) is 0 Å². The Balaban J connectivity index is 1.74. The molecule has 122 valence electrons. The van der Waals surface area contributed by atoms with E-state index in [2.05, 4.69) is 12.2 Å². The molecule has 4 N–H and O–H groups in total. The molecule has 0 saturated carbocycles. The summed E-state index contributed by atoms with van der Waals surface area (Å²) in [5, 5.41) is 13.5. The van der Waals surface area contributed by atoms with Crippen molar-refractivity contribution in [2.24, 2.45) is 5.73 Å². The molecule has 0 heterocycles. The van der Waals surface area contributed by atoms with Crippen LogP contribution in [0.4, 0.5) is 0 Å². The molecule has 0 spiro atoms. The predicted octanol–water partition coefficient (Wildman–Crippen LogP) is 2.43. The van der Waals surface area contributed by atoms with E-state index in [9.17, 15) is 9.90 Å². The molecule has 0 aliphatic carbocycles. The average Bonchev–Trinajstić information content (AvgIpc) is 2.59. The largest absolute Gasteiger partial charge is 0.387 e. The monoisotopic (exact) mass is 312 g/mol. The van der Waals surface area contributed by atoms with Gasteiger partial charge < -0.3 is 16.2 Å². The lowest BCUT2D eigenvalue weighted by atomic mass is 10.0. The van der Waals surface area contributed by atoms with E-state index < -0.39 is 12.0 Å². The van der Waals surface area contributed by atoms with Crippen LogP contribution in [0.3, 0.4) is 0 Å². The van der Waals surface area contributed by atoms with E-state index in [1.54, 1.807) is 12.1 Å². The van der Waals surface area contributed by atoms with Crippen molar-refractivity contribution in [2.75, 3.05) is 6.54 Å². The summed E-state index contributed by atoms with van der Waals surface area (Å²) in [4.78, 5) is 11.0. The third-order valence-electron chi connectivity index (χ3n) is 3.95. The summed E-state index contributed by atoms with van der Waals surface area (Å²) in [6, 6.07) is 17.3. The summed E-state index contributed by atoms with van der Waals surface area (Å²) in [6.45, 7) is 2.64. The topological polar surface area (TPSA) is 75.4 Å². The van der Waals surface area contributed by atoms with E-state index in [1.807, 2.05) is 42.5 Å². The predicted molar refractivity (Wildman–Crippen MR) is 92.1 cm³/mol. The number of primary amides is 1. The van der Waals surface area contributed by atoms with E-state index in [0.29, 0.717) is 18.2 Å². The molecule has 2 aromatic rings. The van der Waals surface area contributed by atoms with Gasteiger partial charge in [-0.3, -0.25) is 4.79 Å². The molecule has 0 aromatic heterocycles. The molecule has 2 rings (SSSR count). The Kier molecular flexibility index (Phi) is 6.32. The molecule has 0 aliphatic rings. The highest BCUT2D eigenvalue weighted by atomic mass is 16.3. The molecule has 2 aromatic carbocycles. The summed E-state index contributed by atoms with van der Waals surface area (Å²) in [6.07, 6.45) is 1.38. The van der Waals surface area contributed by atoms with E-state index >= 15 is 0 Å². The number of hydrogen-bond acceptors (Lipinski definition) is 3. The molecule has 4 heteroatoms. The van der Waals surface area contributed by atoms with Crippen LogP contribution in [-0.2, 0) is 6.42 Å². The van der Waals surface area contributed by atoms with Gasteiger partial charge in [-0.05, 0) is 43.0 Å². The van der Waals surface area contributed by atoms with Gasteiger partial charge in [0.05, 0.1) is 6.10 Å². The van der Waals surface area contributed by atoms with Crippen LogP contribution < -0.4 is 11.1 Å². The number of aryl methyl sites for hydroxylation is 1. The zero-order chi connectivity index (χ0) is 16.7. The minimum absolute atomic E-state index is 0.296. The molecule has 0 bridgehead atoms. The molecule has 23 heavy (non-hydrogen) atoms. The Bertz CT molecular complexity index is 611. The second-order valence-electron chi connectivity index (χ2n) is 5.84. The number of hydrogen-bond donors (Lipinski definition) is 3. The SMILES string of the molecule is CC(CCc1ccc(C(N)=O)cc1)NCC(O)c1ccccc1. The number of carbonyl (C=O) groups is 1.